The van der Waals surface area contributed by atoms with E-state index in [1.807, 2.05) is 12.1 Å². The van der Waals surface area contributed by atoms with Crippen LogP contribution in [0.3, 0.4) is 0 Å². The molecule has 2 aromatic rings. The first kappa shape index (κ1) is 21.6. The monoisotopic (exact) mass is 430 g/mol. The number of hydrogen-bond acceptors (Lipinski definition) is 7. The highest BCUT2D eigenvalue weighted by Crippen LogP contribution is 2.55. The highest BCUT2D eigenvalue weighted by atomic mass is 16.7. The smallest absolute Gasteiger partial charge is 0.231 e. The predicted molar refractivity (Wildman–Crippen MR) is 115 cm³/mol. The third kappa shape index (κ3) is 3.77. The van der Waals surface area contributed by atoms with Crippen molar-refractivity contribution >= 4 is 0 Å². The van der Waals surface area contributed by atoms with Crippen molar-refractivity contribution in [3.63, 3.8) is 0 Å². The molecule has 2 aromatic carbocycles. The van der Waals surface area contributed by atoms with Gasteiger partial charge in [0.25, 0.3) is 0 Å². The molecule has 4 rings (SSSR count). The molecule has 1 aliphatic heterocycles. The molecular formula is C24H30O7. The summed E-state index contributed by atoms with van der Waals surface area (Å²) in [7, 11) is 8.42. The van der Waals surface area contributed by atoms with Gasteiger partial charge in [-0.25, -0.2) is 0 Å². The first-order chi connectivity index (χ1) is 15.2. The fourth-order valence-corrected chi connectivity index (χ4v) is 4.97. The second-order valence-corrected chi connectivity index (χ2v) is 7.85. The van der Waals surface area contributed by atoms with Gasteiger partial charge < -0.3 is 33.2 Å². The Morgan fingerprint density at radius 1 is 0.806 bits per heavy atom. The second-order valence-electron chi connectivity index (χ2n) is 7.85. The molecule has 0 bridgehead atoms. The minimum atomic E-state index is 0.00464. The molecule has 0 fully saturated rings. The average Bonchev–Trinajstić information content (AvgIpc) is 3.29. The van der Waals surface area contributed by atoms with E-state index < -0.39 is 0 Å². The maximum absolute atomic E-state index is 5.98. The fraction of sp³-hybridized carbons (Fsp3) is 0.500. The van der Waals surface area contributed by atoms with Crippen molar-refractivity contribution in [3.05, 3.63) is 41.0 Å². The van der Waals surface area contributed by atoms with Gasteiger partial charge in [0, 0.05) is 32.3 Å². The van der Waals surface area contributed by atoms with Gasteiger partial charge in [-0.3, -0.25) is 0 Å². The van der Waals surface area contributed by atoms with Gasteiger partial charge >= 0.3 is 0 Å². The molecule has 1 aliphatic carbocycles. The van der Waals surface area contributed by atoms with Crippen molar-refractivity contribution in [2.75, 3.05) is 55.6 Å². The molecule has 0 saturated heterocycles. The van der Waals surface area contributed by atoms with Crippen LogP contribution in [0.15, 0.2) is 24.3 Å². The van der Waals surface area contributed by atoms with Gasteiger partial charge in [-0.15, -0.1) is 0 Å². The Morgan fingerprint density at radius 3 is 2.19 bits per heavy atom. The normalized spacial score (nSPS) is 21.5. The van der Waals surface area contributed by atoms with Crippen molar-refractivity contribution in [2.24, 2.45) is 11.8 Å². The summed E-state index contributed by atoms with van der Waals surface area (Å²) < 4.78 is 39.7. The summed E-state index contributed by atoms with van der Waals surface area (Å²) in [6.45, 7) is 1.40. The van der Waals surface area contributed by atoms with Crippen molar-refractivity contribution in [1.82, 2.24) is 0 Å². The molecule has 168 valence electrons. The maximum atomic E-state index is 5.98. The van der Waals surface area contributed by atoms with Crippen molar-refractivity contribution < 1.29 is 33.2 Å². The van der Waals surface area contributed by atoms with E-state index in [4.69, 9.17) is 33.2 Å². The summed E-state index contributed by atoms with van der Waals surface area (Å²) in [6, 6.07) is 8.14. The third-order valence-corrected chi connectivity index (χ3v) is 6.29. The Bertz CT molecular complexity index is 927. The van der Waals surface area contributed by atoms with Crippen LogP contribution in [-0.2, 0) is 15.9 Å². The molecule has 3 atom stereocenters. The minimum absolute atomic E-state index is 0.00464. The highest BCUT2D eigenvalue weighted by molar-refractivity contribution is 5.64. The fourth-order valence-electron chi connectivity index (χ4n) is 4.97. The van der Waals surface area contributed by atoms with Crippen molar-refractivity contribution in [1.29, 1.82) is 0 Å². The summed E-state index contributed by atoms with van der Waals surface area (Å²) in [4.78, 5) is 0. The Hall–Kier alpha value is -2.64. The molecule has 0 radical (unpaired) electrons. The topological polar surface area (TPSA) is 64.6 Å². The molecule has 31 heavy (non-hydrogen) atoms. The van der Waals surface area contributed by atoms with E-state index in [0.29, 0.717) is 36.2 Å². The van der Waals surface area contributed by atoms with Crippen LogP contribution in [0.2, 0.25) is 0 Å². The molecular weight excluding hydrogens is 400 g/mol. The van der Waals surface area contributed by atoms with E-state index in [1.165, 1.54) is 5.56 Å². The first-order valence-electron chi connectivity index (χ1n) is 10.4. The standard InChI is InChI=1S/C24H30O7/c1-25-11-16-8-15-10-20(29-5)23-24(31-13-30-23)22(15)21(17(16)12-26-2)14-6-7-18(27-3)19(9-14)28-4/h6-7,9-10,16-17,21H,8,11-13H2,1-5H3/t16-,17+,21+/m1/s1. The maximum Gasteiger partial charge on any atom is 0.231 e. The molecule has 0 unspecified atom stereocenters. The molecule has 0 spiro atoms. The van der Waals surface area contributed by atoms with E-state index in [-0.39, 0.29) is 24.5 Å². The molecule has 7 heteroatoms. The Kier molecular flexibility index (Phi) is 6.43. The van der Waals surface area contributed by atoms with Crippen LogP contribution in [0.25, 0.3) is 0 Å². The van der Waals surface area contributed by atoms with Crippen LogP contribution in [-0.4, -0.2) is 55.6 Å². The average molecular weight is 430 g/mol. The molecule has 1 heterocycles. The summed E-state index contributed by atoms with van der Waals surface area (Å²) in [6.07, 6.45) is 0.841. The number of benzene rings is 2. The number of rotatable bonds is 8. The highest BCUT2D eigenvalue weighted by Gasteiger charge is 2.42. The first-order valence-corrected chi connectivity index (χ1v) is 10.4. The van der Waals surface area contributed by atoms with Gasteiger partial charge in [0.15, 0.2) is 23.0 Å². The van der Waals surface area contributed by atoms with Crippen LogP contribution in [0.5, 0.6) is 28.7 Å². The van der Waals surface area contributed by atoms with Gasteiger partial charge in [0.05, 0.1) is 27.9 Å². The number of fused-ring (bicyclic) bond motifs is 3. The lowest BCUT2D eigenvalue weighted by Gasteiger charge is -2.40. The van der Waals surface area contributed by atoms with Crippen LogP contribution in [0, 0.1) is 11.8 Å². The molecule has 0 amide bonds. The number of methoxy groups -OCH3 is 5. The van der Waals surface area contributed by atoms with Crippen molar-refractivity contribution in [3.8, 4) is 28.7 Å². The van der Waals surface area contributed by atoms with Crippen molar-refractivity contribution in [2.45, 2.75) is 12.3 Å². The van der Waals surface area contributed by atoms with E-state index in [0.717, 1.165) is 23.3 Å². The Morgan fingerprint density at radius 2 is 1.52 bits per heavy atom. The van der Waals surface area contributed by atoms with Crippen LogP contribution < -0.4 is 23.7 Å². The van der Waals surface area contributed by atoms with Crippen LogP contribution in [0.4, 0.5) is 0 Å². The lowest BCUT2D eigenvalue weighted by Crippen LogP contribution is -2.36. The number of hydrogen-bond donors (Lipinski definition) is 0. The summed E-state index contributed by atoms with van der Waals surface area (Å²) in [5.74, 6) is 3.94. The van der Waals surface area contributed by atoms with Gasteiger partial charge in [0.2, 0.25) is 12.5 Å². The third-order valence-electron chi connectivity index (χ3n) is 6.29. The predicted octanol–water partition coefficient (Wildman–Crippen LogP) is 3.65. The van der Waals surface area contributed by atoms with Gasteiger partial charge in [-0.2, -0.15) is 0 Å². The van der Waals surface area contributed by atoms with Gasteiger partial charge in [-0.05, 0) is 47.6 Å². The Balaban J connectivity index is 1.93. The SMILES string of the molecule is COC[C@H]1Cc2cc(OC)c3c(c2[C@@H](c2ccc(OC)c(OC)c2)[C@H]1COC)OCO3. The van der Waals surface area contributed by atoms with Gasteiger partial charge in [0.1, 0.15) is 0 Å². The number of ether oxygens (including phenoxy) is 7. The molecule has 0 N–H and O–H groups in total. The second kappa shape index (κ2) is 9.24. The van der Waals surface area contributed by atoms with E-state index in [2.05, 4.69) is 12.1 Å². The van der Waals surface area contributed by atoms with Gasteiger partial charge in [-0.1, -0.05) is 6.07 Å². The largest absolute Gasteiger partial charge is 0.493 e. The molecule has 7 nitrogen and oxygen atoms in total. The zero-order valence-corrected chi connectivity index (χ0v) is 18.7. The van der Waals surface area contributed by atoms with Crippen LogP contribution >= 0.6 is 0 Å². The lowest BCUT2D eigenvalue weighted by molar-refractivity contribution is 0.0559. The molecule has 0 saturated carbocycles. The summed E-state index contributed by atoms with van der Waals surface area (Å²) in [5.41, 5.74) is 3.40. The zero-order chi connectivity index (χ0) is 22.0. The minimum Gasteiger partial charge on any atom is -0.493 e. The molecule has 0 aromatic heterocycles. The van der Waals surface area contributed by atoms with E-state index >= 15 is 0 Å². The summed E-state index contributed by atoms with van der Waals surface area (Å²) in [5, 5.41) is 0. The summed E-state index contributed by atoms with van der Waals surface area (Å²) >= 11 is 0. The quantitative estimate of drug-likeness (QED) is 0.633. The van der Waals surface area contributed by atoms with E-state index in [9.17, 15) is 0 Å². The Labute approximate surface area is 183 Å². The lowest BCUT2D eigenvalue weighted by atomic mass is 9.66. The zero-order valence-electron chi connectivity index (χ0n) is 18.7. The van der Waals surface area contributed by atoms with E-state index in [1.54, 1.807) is 35.5 Å². The molecule has 2 aliphatic rings. The van der Waals surface area contributed by atoms with Crippen LogP contribution in [0.1, 0.15) is 22.6 Å².